The minimum Gasteiger partial charge on any atom is -0.385 e. The van der Waals surface area contributed by atoms with Crippen LogP contribution in [-0.4, -0.2) is 32.2 Å². The third kappa shape index (κ3) is 4.37. The second-order valence-corrected chi connectivity index (χ2v) is 4.80. The number of amides is 1. The Morgan fingerprint density at radius 2 is 1.89 bits per heavy atom. The molecule has 4 nitrogen and oxygen atoms in total. The summed E-state index contributed by atoms with van der Waals surface area (Å²) in [4.78, 5) is 11.4. The van der Waals surface area contributed by atoms with Crippen LogP contribution in [0, 0.1) is 0 Å². The van der Waals surface area contributed by atoms with E-state index in [2.05, 4.69) is 24.5 Å². The summed E-state index contributed by atoms with van der Waals surface area (Å²) >= 11 is 0. The standard InChI is InChI=1S/C14H22N2O2/c1-14(2,18-4)9-10-16-12-7-5-11(6-8-12)13(17)15-3/h5-8,16H,9-10H2,1-4H3,(H,15,17). The molecular formula is C14H22N2O2. The van der Waals surface area contributed by atoms with Crippen molar-refractivity contribution in [3.63, 3.8) is 0 Å². The molecule has 0 aliphatic carbocycles. The van der Waals surface area contributed by atoms with Gasteiger partial charge in [0.05, 0.1) is 5.60 Å². The summed E-state index contributed by atoms with van der Waals surface area (Å²) in [5, 5.41) is 5.90. The zero-order chi connectivity index (χ0) is 13.6. The number of hydrogen-bond acceptors (Lipinski definition) is 3. The molecule has 0 fully saturated rings. The largest absolute Gasteiger partial charge is 0.385 e. The molecule has 2 N–H and O–H groups in total. The van der Waals surface area contributed by atoms with E-state index in [0.29, 0.717) is 5.56 Å². The maximum absolute atomic E-state index is 11.4. The lowest BCUT2D eigenvalue weighted by molar-refractivity contribution is 0.0185. The summed E-state index contributed by atoms with van der Waals surface area (Å²) in [5.41, 5.74) is 1.56. The molecule has 0 heterocycles. The third-order valence-corrected chi connectivity index (χ3v) is 2.98. The van der Waals surface area contributed by atoms with E-state index in [0.717, 1.165) is 18.7 Å². The van der Waals surface area contributed by atoms with Crippen molar-refractivity contribution in [1.82, 2.24) is 5.32 Å². The number of hydrogen-bond donors (Lipinski definition) is 2. The second kappa shape index (κ2) is 6.40. The normalized spacial score (nSPS) is 11.1. The van der Waals surface area contributed by atoms with Crippen molar-refractivity contribution < 1.29 is 9.53 Å². The predicted molar refractivity (Wildman–Crippen MR) is 74.0 cm³/mol. The highest BCUT2D eigenvalue weighted by Crippen LogP contribution is 2.14. The molecular weight excluding hydrogens is 228 g/mol. The van der Waals surface area contributed by atoms with E-state index in [9.17, 15) is 4.79 Å². The summed E-state index contributed by atoms with van der Waals surface area (Å²) in [6.45, 7) is 4.95. The fourth-order valence-electron chi connectivity index (χ4n) is 1.49. The molecule has 1 aromatic rings. The van der Waals surface area contributed by atoms with Crippen LogP contribution >= 0.6 is 0 Å². The van der Waals surface area contributed by atoms with Crippen molar-refractivity contribution in [2.75, 3.05) is 26.0 Å². The molecule has 0 atom stereocenters. The van der Waals surface area contributed by atoms with Crippen molar-refractivity contribution in [3.05, 3.63) is 29.8 Å². The van der Waals surface area contributed by atoms with Crippen LogP contribution in [0.1, 0.15) is 30.6 Å². The molecule has 1 aromatic carbocycles. The number of carbonyl (C=O) groups excluding carboxylic acids is 1. The lowest BCUT2D eigenvalue weighted by Crippen LogP contribution is -2.25. The first-order valence-electron chi connectivity index (χ1n) is 6.09. The number of methoxy groups -OCH3 is 1. The Morgan fingerprint density at radius 1 is 1.28 bits per heavy atom. The maximum Gasteiger partial charge on any atom is 0.251 e. The molecule has 0 aromatic heterocycles. The highest BCUT2D eigenvalue weighted by Gasteiger charge is 2.15. The quantitative estimate of drug-likeness (QED) is 0.814. The van der Waals surface area contributed by atoms with Crippen LogP contribution in [0.3, 0.4) is 0 Å². The molecule has 0 saturated heterocycles. The average molecular weight is 250 g/mol. The van der Waals surface area contributed by atoms with Crippen LogP contribution in [0.2, 0.25) is 0 Å². The van der Waals surface area contributed by atoms with Gasteiger partial charge in [-0.2, -0.15) is 0 Å². The first-order valence-corrected chi connectivity index (χ1v) is 6.09. The number of carbonyl (C=O) groups is 1. The van der Waals surface area contributed by atoms with E-state index in [-0.39, 0.29) is 11.5 Å². The number of anilines is 1. The van der Waals surface area contributed by atoms with Crippen LogP contribution in [-0.2, 0) is 4.74 Å². The van der Waals surface area contributed by atoms with Gasteiger partial charge in [-0.05, 0) is 44.5 Å². The SMILES string of the molecule is CNC(=O)c1ccc(NCCC(C)(C)OC)cc1. The number of benzene rings is 1. The van der Waals surface area contributed by atoms with Crippen molar-refractivity contribution in [2.24, 2.45) is 0 Å². The van der Waals surface area contributed by atoms with Crippen LogP contribution in [0.5, 0.6) is 0 Å². The van der Waals surface area contributed by atoms with E-state index in [1.807, 2.05) is 24.3 Å². The molecule has 0 unspecified atom stereocenters. The predicted octanol–water partition coefficient (Wildman–Crippen LogP) is 2.27. The van der Waals surface area contributed by atoms with Gasteiger partial charge in [-0.1, -0.05) is 0 Å². The van der Waals surface area contributed by atoms with E-state index >= 15 is 0 Å². The fourth-order valence-corrected chi connectivity index (χ4v) is 1.49. The van der Waals surface area contributed by atoms with Gasteiger partial charge < -0.3 is 15.4 Å². The lowest BCUT2D eigenvalue weighted by Gasteiger charge is -2.23. The number of nitrogens with one attached hydrogen (secondary N) is 2. The Morgan fingerprint density at radius 3 is 2.39 bits per heavy atom. The second-order valence-electron chi connectivity index (χ2n) is 4.80. The molecule has 4 heteroatoms. The van der Waals surface area contributed by atoms with Gasteiger partial charge in [-0.25, -0.2) is 0 Å². The summed E-state index contributed by atoms with van der Waals surface area (Å²) in [6.07, 6.45) is 0.917. The summed E-state index contributed by atoms with van der Waals surface area (Å²) in [5.74, 6) is -0.0675. The Balaban J connectivity index is 2.47. The van der Waals surface area contributed by atoms with Gasteiger partial charge >= 0.3 is 0 Å². The summed E-state index contributed by atoms with van der Waals surface area (Å²) in [6, 6.07) is 7.43. The Labute approximate surface area is 109 Å². The van der Waals surface area contributed by atoms with Crippen molar-refractivity contribution in [1.29, 1.82) is 0 Å². The first-order chi connectivity index (χ1) is 8.48. The van der Waals surface area contributed by atoms with E-state index in [1.54, 1.807) is 14.2 Å². The minimum atomic E-state index is -0.116. The molecule has 100 valence electrons. The zero-order valence-electron chi connectivity index (χ0n) is 11.5. The van der Waals surface area contributed by atoms with Gasteiger partial charge in [0.25, 0.3) is 5.91 Å². The smallest absolute Gasteiger partial charge is 0.251 e. The minimum absolute atomic E-state index is 0.0675. The molecule has 1 rings (SSSR count). The van der Waals surface area contributed by atoms with Gasteiger partial charge in [0.15, 0.2) is 0 Å². The average Bonchev–Trinajstić information content (AvgIpc) is 2.38. The lowest BCUT2D eigenvalue weighted by atomic mass is 10.1. The first kappa shape index (κ1) is 14.5. The number of rotatable bonds is 6. The Kier molecular flexibility index (Phi) is 5.16. The molecule has 0 aliphatic heterocycles. The topological polar surface area (TPSA) is 50.4 Å². The van der Waals surface area contributed by atoms with Gasteiger partial charge in [0, 0.05) is 32.0 Å². The fraction of sp³-hybridized carbons (Fsp3) is 0.500. The molecule has 0 radical (unpaired) electrons. The van der Waals surface area contributed by atoms with Crippen molar-refractivity contribution >= 4 is 11.6 Å². The molecule has 0 aliphatic rings. The monoisotopic (exact) mass is 250 g/mol. The van der Waals surface area contributed by atoms with E-state index in [4.69, 9.17) is 4.74 Å². The van der Waals surface area contributed by atoms with Gasteiger partial charge in [-0.15, -0.1) is 0 Å². The maximum atomic E-state index is 11.4. The molecule has 0 saturated carbocycles. The molecule has 1 amide bonds. The zero-order valence-corrected chi connectivity index (χ0v) is 11.5. The highest BCUT2D eigenvalue weighted by atomic mass is 16.5. The van der Waals surface area contributed by atoms with Gasteiger partial charge in [-0.3, -0.25) is 4.79 Å². The van der Waals surface area contributed by atoms with Gasteiger partial charge in [0.2, 0.25) is 0 Å². The number of ether oxygens (including phenoxy) is 1. The van der Waals surface area contributed by atoms with Gasteiger partial charge in [0.1, 0.15) is 0 Å². The molecule has 0 spiro atoms. The Hall–Kier alpha value is -1.55. The van der Waals surface area contributed by atoms with Crippen LogP contribution < -0.4 is 10.6 Å². The third-order valence-electron chi connectivity index (χ3n) is 2.98. The summed E-state index contributed by atoms with van der Waals surface area (Å²) in [7, 11) is 3.35. The van der Waals surface area contributed by atoms with Crippen LogP contribution in [0.15, 0.2) is 24.3 Å². The Bertz CT molecular complexity index is 385. The van der Waals surface area contributed by atoms with E-state index < -0.39 is 0 Å². The highest BCUT2D eigenvalue weighted by molar-refractivity contribution is 5.94. The molecule has 18 heavy (non-hydrogen) atoms. The summed E-state index contributed by atoms with van der Waals surface area (Å²) < 4.78 is 5.35. The van der Waals surface area contributed by atoms with Crippen molar-refractivity contribution in [3.8, 4) is 0 Å². The molecule has 0 bridgehead atoms. The van der Waals surface area contributed by atoms with Crippen LogP contribution in [0.4, 0.5) is 5.69 Å². The van der Waals surface area contributed by atoms with Crippen LogP contribution in [0.25, 0.3) is 0 Å². The van der Waals surface area contributed by atoms with Crippen molar-refractivity contribution in [2.45, 2.75) is 25.9 Å². The van der Waals surface area contributed by atoms with E-state index in [1.165, 1.54) is 0 Å².